The van der Waals surface area contributed by atoms with Gasteiger partial charge in [0, 0.05) is 0 Å². The topological polar surface area (TPSA) is 0 Å². The first-order chi connectivity index (χ1) is 8.33. The standard InChI is InChI=1S/C17H16/c1-13-7-9-16-12-15(8-10-17(13)16)11-14-5-3-2-4-6-14/h2-10,12-13H,11H2,1H3. The summed E-state index contributed by atoms with van der Waals surface area (Å²) in [6.07, 6.45) is 5.54. The van der Waals surface area contributed by atoms with E-state index >= 15 is 0 Å². The summed E-state index contributed by atoms with van der Waals surface area (Å²) in [7, 11) is 0. The molecule has 0 heterocycles. The summed E-state index contributed by atoms with van der Waals surface area (Å²) < 4.78 is 0. The molecule has 0 N–H and O–H groups in total. The van der Waals surface area contributed by atoms with Gasteiger partial charge in [0.2, 0.25) is 0 Å². The third kappa shape index (κ3) is 2.03. The molecule has 0 saturated carbocycles. The molecule has 1 aliphatic carbocycles. The maximum absolute atomic E-state index is 2.32. The van der Waals surface area contributed by atoms with Crippen molar-refractivity contribution < 1.29 is 0 Å². The van der Waals surface area contributed by atoms with Gasteiger partial charge in [0.25, 0.3) is 0 Å². The fourth-order valence-corrected chi connectivity index (χ4v) is 2.48. The molecule has 0 spiro atoms. The lowest BCUT2D eigenvalue weighted by atomic mass is 9.97. The lowest BCUT2D eigenvalue weighted by Crippen LogP contribution is -1.92. The van der Waals surface area contributed by atoms with Gasteiger partial charge in [-0.15, -0.1) is 0 Å². The molecule has 0 bridgehead atoms. The predicted octanol–water partition coefficient (Wildman–Crippen LogP) is 4.41. The second kappa shape index (κ2) is 4.21. The highest BCUT2D eigenvalue weighted by molar-refractivity contribution is 5.63. The Balaban J connectivity index is 1.88. The summed E-state index contributed by atoms with van der Waals surface area (Å²) in [5.74, 6) is 0.579. The summed E-state index contributed by atoms with van der Waals surface area (Å²) >= 11 is 0. The van der Waals surface area contributed by atoms with Crippen molar-refractivity contribution in [2.75, 3.05) is 0 Å². The number of rotatable bonds is 2. The lowest BCUT2D eigenvalue weighted by molar-refractivity contribution is 0.987. The summed E-state index contributed by atoms with van der Waals surface area (Å²) in [6, 6.07) is 17.5. The van der Waals surface area contributed by atoms with Crippen LogP contribution in [0, 0.1) is 0 Å². The number of hydrogen-bond acceptors (Lipinski definition) is 0. The van der Waals surface area contributed by atoms with Crippen molar-refractivity contribution in [2.45, 2.75) is 19.3 Å². The minimum Gasteiger partial charge on any atom is -0.0767 e. The van der Waals surface area contributed by atoms with Gasteiger partial charge in [-0.2, -0.15) is 0 Å². The molecule has 0 fully saturated rings. The molecular weight excluding hydrogens is 204 g/mol. The van der Waals surface area contributed by atoms with E-state index in [1.54, 1.807) is 0 Å². The Morgan fingerprint density at radius 2 is 1.76 bits per heavy atom. The highest BCUT2D eigenvalue weighted by Crippen LogP contribution is 2.30. The van der Waals surface area contributed by atoms with Gasteiger partial charge < -0.3 is 0 Å². The summed E-state index contributed by atoms with van der Waals surface area (Å²) in [4.78, 5) is 0. The van der Waals surface area contributed by atoms with Crippen LogP contribution >= 0.6 is 0 Å². The van der Waals surface area contributed by atoms with Gasteiger partial charge in [-0.1, -0.05) is 67.6 Å². The minimum atomic E-state index is 0.579. The van der Waals surface area contributed by atoms with E-state index in [-0.39, 0.29) is 0 Å². The molecule has 0 aliphatic heterocycles. The fourth-order valence-electron chi connectivity index (χ4n) is 2.48. The van der Waals surface area contributed by atoms with Crippen LogP contribution in [0.4, 0.5) is 0 Å². The second-order valence-electron chi connectivity index (χ2n) is 4.77. The molecule has 0 saturated heterocycles. The number of allylic oxidation sites excluding steroid dienone is 1. The first-order valence-electron chi connectivity index (χ1n) is 6.18. The highest BCUT2D eigenvalue weighted by Gasteiger charge is 2.12. The SMILES string of the molecule is CC1C=Cc2cc(Cc3ccccc3)ccc21. The van der Waals surface area contributed by atoms with E-state index in [0.717, 1.165) is 6.42 Å². The van der Waals surface area contributed by atoms with Crippen molar-refractivity contribution in [1.29, 1.82) is 0 Å². The van der Waals surface area contributed by atoms with Crippen LogP contribution in [0.1, 0.15) is 35.1 Å². The zero-order valence-electron chi connectivity index (χ0n) is 10.1. The van der Waals surface area contributed by atoms with Crippen molar-refractivity contribution in [3.63, 3.8) is 0 Å². The Bertz CT molecular complexity index is 550. The van der Waals surface area contributed by atoms with E-state index in [2.05, 4.69) is 67.6 Å². The van der Waals surface area contributed by atoms with Crippen LogP contribution in [0.15, 0.2) is 54.6 Å². The third-order valence-corrected chi connectivity index (χ3v) is 3.46. The highest BCUT2D eigenvalue weighted by atomic mass is 14.2. The van der Waals surface area contributed by atoms with Crippen molar-refractivity contribution in [3.05, 3.63) is 76.9 Å². The Kier molecular flexibility index (Phi) is 2.56. The molecule has 1 aliphatic rings. The van der Waals surface area contributed by atoms with Crippen molar-refractivity contribution in [1.82, 2.24) is 0 Å². The number of benzene rings is 2. The molecule has 1 unspecified atom stereocenters. The molecule has 2 aromatic carbocycles. The number of fused-ring (bicyclic) bond motifs is 1. The van der Waals surface area contributed by atoms with Gasteiger partial charge in [0.05, 0.1) is 0 Å². The van der Waals surface area contributed by atoms with E-state index in [1.165, 1.54) is 22.3 Å². The molecule has 84 valence electrons. The molecule has 0 radical (unpaired) electrons. The average Bonchev–Trinajstić information content (AvgIpc) is 2.72. The molecule has 17 heavy (non-hydrogen) atoms. The summed E-state index contributed by atoms with van der Waals surface area (Å²) in [6.45, 7) is 2.25. The van der Waals surface area contributed by atoms with Crippen LogP contribution in [0.3, 0.4) is 0 Å². The van der Waals surface area contributed by atoms with Crippen LogP contribution in [-0.2, 0) is 6.42 Å². The Morgan fingerprint density at radius 3 is 2.59 bits per heavy atom. The van der Waals surface area contributed by atoms with Crippen LogP contribution < -0.4 is 0 Å². The van der Waals surface area contributed by atoms with Crippen molar-refractivity contribution in [3.8, 4) is 0 Å². The largest absolute Gasteiger partial charge is 0.0767 e. The zero-order valence-corrected chi connectivity index (χ0v) is 10.1. The molecule has 0 aromatic heterocycles. The lowest BCUT2D eigenvalue weighted by Gasteiger charge is -2.07. The Labute approximate surface area is 103 Å². The van der Waals surface area contributed by atoms with Gasteiger partial charge in [-0.25, -0.2) is 0 Å². The van der Waals surface area contributed by atoms with Gasteiger partial charge in [-0.05, 0) is 34.6 Å². The van der Waals surface area contributed by atoms with E-state index in [9.17, 15) is 0 Å². The van der Waals surface area contributed by atoms with E-state index in [4.69, 9.17) is 0 Å². The van der Waals surface area contributed by atoms with Crippen LogP contribution in [0.5, 0.6) is 0 Å². The van der Waals surface area contributed by atoms with E-state index in [0.29, 0.717) is 5.92 Å². The molecule has 3 rings (SSSR count). The zero-order chi connectivity index (χ0) is 11.7. The maximum Gasteiger partial charge on any atom is -0.000117 e. The van der Waals surface area contributed by atoms with E-state index in [1.807, 2.05) is 0 Å². The molecule has 0 amide bonds. The second-order valence-corrected chi connectivity index (χ2v) is 4.77. The third-order valence-electron chi connectivity index (χ3n) is 3.46. The van der Waals surface area contributed by atoms with Crippen LogP contribution in [0.25, 0.3) is 6.08 Å². The molecule has 1 atom stereocenters. The average molecular weight is 220 g/mol. The molecule has 0 nitrogen and oxygen atoms in total. The van der Waals surface area contributed by atoms with Gasteiger partial charge in [0.15, 0.2) is 0 Å². The first kappa shape index (κ1) is 10.3. The predicted molar refractivity (Wildman–Crippen MR) is 73.1 cm³/mol. The van der Waals surface area contributed by atoms with Gasteiger partial charge >= 0.3 is 0 Å². The monoisotopic (exact) mass is 220 g/mol. The van der Waals surface area contributed by atoms with E-state index < -0.39 is 0 Å². The van der Waals surface area contributed by atoms with Gasteiger partial charge in [0.1, 0.15) is 0 Å². The van der Waals surface area contributed by atoms with Crippen LogP contribution in [-0.4, -0.2) is 0 Å². The maximum atomic E-state index is 2.32. The summed E-state index contributed by atoms with van der Waals surface area (Å²) in [5, 5.41) is 0. The number of hydrogen-bond donors (Lipinski definition) is 0. The minimum absolute atomic E-state index is 0.579. The molecule has 0 heteroatoms. The quantitative estimate of drug-likeness (QED) is 0.703. The Morgan fingerprint density at radius 1 is 0.941 bits per heavy atom. The smallest absolute Gasteiger partial charge is 0.000117 e. The summed E-state index contributed by atoms with van der Waals surface area (Å²) in [5.41, 5.74) is 5.63. The van der Waals surface area contributed by atoms with Crippen molar-refractivity contribution in [2.24, 2.45) is 0 Å². The molecular formula is C17H16. The molecule has 2 aromatic rings. The Hall–Kier alpha value is -1.82. The fraction of sp³-hybridized carbons (Fsp3) is 0.176. The van der Waals surface area contributed by atoms with Crippen molar-refractivity contribution >= 4 is 6.08 Å². The van der Waals surface area contributed by atoms with Crippen LogP contribution in [0.2, 0.25) is 0 Å². The normalized spacial score (nSPS) is 17.1. The first-order valence-corrected chi connectivity index (χ1v) is 6.18. The van der Waals surface area contributed by atoms with Gasteiger partial charge in [-0.3, -0.25) is 0 Å².